The fourth-order valence-electron chi connectivity index (χ4n) is 1.23. The van der Waals surface area contributed by atoms with Gasteiger partial charge in [0, 0.05) is 11.6 Å². The number of aromatic nitrogens is 2. The first-order chi connectivity index (χ1) is 7.56. The van der Waals surface area contributed by atoms with E-state index in [-0.39, 0.29) is 16.0 Å². The molecule has 0 radical (unpaired) electrons. The van der Waals surface area contributed by atoms with Gasteiger partial charge in [-0.25, -0.2) is 13.8 Å². The van der Waals surface area contributed by atoms with Gasteiger partial charge in [-0.3, -0.25) is 4.98 Å². The number of nitrogens with zero attached hydrogens (tertiary/aromatic N) is 2. The van der Waals surface area contributed by atoms with Crippen molar-refractivity contribution in [3.63, 3.8) is 0 Å². The Morgan fingerprint density at radius 2 is 1.62 bits per heavy atom. The first-order valence-corrected chi connectivity index (χ1v) is 4.96. The lowest BCUT2D eigenvalue weighted by Gasteiger charge is -2.03. The van der Waals surface area contributed by atoms with Crippen LogP contribution in [0.3, 0.4) is 0 Å². The molecule has 2 nitrogen and oxygen atoms in total. The largest absolute Gasteiger partial charge is 0.250 e. The van der Waals surface area contributed by atoms with Crippen molar-refractivity contribution < 1.29 is 8.78 Å². The van der Waals surface area contributed by atoms with Crippen molar-refractivity contribution in [1.82, 2.24) is 9.97 Å². The maximum absolute atomic E-state index is 13.4. The van der Waals surface area contributed by atoms with E-state index >= 15 is 0 Å². The minimum atomic E-state index is -0.779. The van der Waals surface area contributed by atoms with Crippen LogP contribution in [0, 0.1) is 11.6 Å². The number of pyridine rings is 2. The number of halogens is 4. The zero-order chi connectivity index (χ0) is 11.7. The lowest BCUT2D eigenvalue weighted by Crippen LogP contribution is -1.92. The van der Waals surface area contributed by atoms with Crippen LogP contribution in [0.1, 0.15) is 0 Å². The van der Waals surface area contributed by atoms with Crippen LogP contribution in [-0.4, -0.2) is 9.97 Å². The van der Waals surface area contributed by atoms with Crippen LogP contribution >= 0.6 is 23.2 Å². The monoisotopic (exact) mass is 260 g/mol. The van der Waals surface area contributed by atoms with Crippen LogP contribution in [0.25, 0.3) is 11.3 Å². The maximum Gasteiger partial charge on any atom is 0.152 e. The van der Waals surface area contributed by atoms with Gasteiger partial charge in [0.2, 0.25) is 0 Å². The first kappa shape index (κ1) is 11.2. The molecule has 82 valence electrons. The molecule has 6 heteroatoms. The summed E-state index contributed by atoms with van der Waals surface area (Å²) in [6, 6.07) is 3.54. The zero-order valence-electron chi connectivity index (χ0n) is 7.72. The first-order valence-electron chi connectivity index (χ1n) is 4.21. The molecule has 2 rings (SSSR count). The van der Waals surface area contributed by atoms with E-state index in [1.807, 2.05) is 0 Å². The van der Waals surface area contributed by atoms with E-state index in [0.29, 0.717) is 5.56 Å². The Hall–Kier alpha value is -1.26. The summed E-state index contributed by atoms with van der Waals surface area (Å²) in [6.45, 7) is 0. The van der Waals surface area contributed by atoms with E-state index in [0.717, 1.165) is 12.3 Å². The van der Waals surface area contributed by atoms with Crippen LogP contribution in [0.4, 0.5) is 8.78 Å². The van der Waals surface area contributed by atoms with Gasteiger partial charge >= 0.3 is 0 Å². The fourth-order valence-corrected chi connectivity index (χ4v) is 1.69. The van der Waals surface area contributed by atoms with E-state index in [1.54, 1.807) is 0 Å². The normalized spacial score (nSPS) is 10.5. The van der Waals surface area contributed by atoms with Crippen LogP contribution in [0.15, 0.2) is 24.4 Å². The SMILES string of the molecule is Fc1cnc(-c2cc(Cl)nc(Cl)c2)c(F)c1. The standard InChI is InChI=1S/C10H4Cl2F2N2/c11-8-1-5(2-9(12)16-8)10-7(14)3-6(13)4-15-10/h1-4H. The van der Waals surface area contributed by atoms with Gasteiger partial charge < -0.3 is 0 Å². The predicted octanol–water partition coefficient (Wildman–Crippen LogP) is 3.73. The highest BCUT2D eigenvalue weighted by molar-refractivity contribution is 6.32. The Morgan fingerprint density at radius 1 is 1.00 bits per heavy atom. The Morgan fingerprint density at radius 3 is 2.19 bits per heavy atom. The topological polar surface area (TPSA) is 25.8 Å². The van der Waals surface area contributed by atoms with Gasteiger partial charge in [0.1, 0.15) is 21.8 Å². The second-order valence-electron chi connectivity index (χ2n) is 2.99. The molecule has 2 heterocycles. The van der Waals surface area contributed by atoms with Crippen molar-refractivity contribution in [3.05, 3.63) is 46.3 Å². The number of hydrogen-bond acceptors (Lipinski definition) is 2. The van der Waals surface area contributed by atoms with Gasteiger partial charge in [-0.05, 0) is 12.1 Å². The average molecular weight is 261 g/mol. The van der Waals surface area contributed by atoms with Crippen molar-refractivity contribution in [2.75, 3.05) is 0 Å². The molecule has 0 unspecified atom stereocenters. The smallest absolute Gasteiger partial charge is 0.152 e. The van der Waals surface area contributed by atoms with Gasteiger partial charge in [-0.15, -0.1) is 0 Å². The quantitative estimate of drug-likeness (QED) is 0.731. The molecular formula is C10H4Cl2F2N2. The lowest BCUT2D eigenvalue weighted by molar-refractivity contribution is 0.576. The van der Waals surface area contributed by atoms with Gasteiger partial charge in [0.25, 0.3) is 0 Å². The van der Waals surface area contributed by atoms with Crippen molar-refractivity contribution in [2.45, 2.75) is 0 Å². The fraction of sp³-hybridized carbons (Fsp3) is 0. The summed E-state index contributed by atoms with van der Waals surface area (Å²) in [5, 5.41) is 0.237. The summed E-state index contributed by atoms with van der Waals surface area (Å²) in [4.78, 5) is 7.35. The molecule has 0 aliphatic rings. The minimum absolute atomic E-state index is 0.0207. The highest BCUT2D eigenvalue weighted by atomic mass is 35.5. The van der Waals surface area contributed by atoms with Crippen molar-refractivity contribution in [1.29, 1.82) is 0 Å². The molecule has 0 aromatic carbocycles. The van der Waals surface area contributed by atoms with E-state index in [2.05, 4.69) is 9.97 Å². The number of rotatable bonds is 1. The van der Waals surface area contributed by atoms with Crippen LogP contribution in [0.5, 0.6) is 0 Å². The van der Waals surface area contributed by atoms with Crippen LogP contribution < -0.4 is 0 Å². The summed E-state index contributed by atoms with van der Waals surface area (Å²) in [5.74, 6) is -1.52. The van der Waals surface area contributed by atoms with Gasteiger partial charge in [0.05, 0.1) is 6.20 Å². The molecule has 0 saturated carbocycles. The maximum atomic E-state index is 13.4. The van der Waals surface area contributed by atoms with Crippen LogP contribution in [-0.2, 0) is 0 Å². The van der Waals surface area contributed by atoms with E-state index in [4.69, 9.17) is 23.2 Å². The van der Waals surface area contributed by atoms with Gasteiger partial charge in [0.15, 0.2) is 5.82 Å². The molecule has 16 heavy (non-hydrogen) atoms. The second-order valence-corrected chi connectivity index (χ2v) is 3.76. The lowest BCUT2D eigenvalue weighted by atomic mass is 10.2. The molecule has 0 saturated heterocycles. The molecular weight excluding hydrogens is 257 g/mol. The number of hydrogen-bond donors (Lipinski definition) is 0. The highest BCUT2D eigenvalue weighted by Crippen LogP contribution is 2.25. The average Bonchev–Trinajstić information content (AvgIpc) is 2.15. The third kappa shape index (κ3) is 2.28. The Bertz CT molecular complexity index is 526. The third-order valence-corrected chi connectivity index (χ3v) is 2.23. The zero-order valence-corrected chi connectivity index (χ0v) is 9.23. The second kappa shape index (κ2) is 4.31. The predicted molar refractivity (Wildman–Crippen MR) is 57.4 cm³/mol. The molecule has 0 N–H and O–H groups in total. The summed E-state index contributed by atoms with van der Waals surface area (Å²) in [5.41, 5.74) is 0.329. The van der Waals surface area contributed by atoms with E-state index in [9.17, 15) is 8.78 Å². The Kier molecular flexibility index (Phi) is 3.03. The molecule has 0 spiro atoms. The third-order valence-electron chi connectivity index (χ3n) is 1.84. The van der Waals surface area contributed by atoms with Gasteiger partial charge in [-0.2, -0.15) is 0 Å². The van der Waals surface area contributed by atoms with E-state index in [1.165, 1.54) is 12.1 Å². The Labute approximate surface area is 99.9 Å². The van der Waals surface area contributed by atoms with E-state index < -0.39 is 11.6 Å². The van der Waals surface area contributed by atoms with Crippen molar-refractivity contribution in [3.8, 4) is 11.3 Å². The van der Waals surface area contributed by atoms with Crippen molar-refractivity contribution in [2.24, 2.45) is 0 Å². The molecule has 2 aromatic rings. The minimum Gasteiger partial charge on any atom is -0.250 e. The highest BCUT2D eigenvalue weighted by Gasteiger charge is 2.10. The van der Waals surface area contributed by atoms with Gasteiger partial charge in [-0.1, -0.05) is 23.2 Å². The molecule has 0 amide bonds. The van der Waals surface area contributed by atoms with Crippen LogP contribution in [0.2, 0.25) is 10.3 Å². The molecule has 0 aliphatic carbocycles. The molecule has 0 fully saturated rings. The summed E-state index contributed by atoms with van der Waals surface area (Å²) < 4.78 is 26.0. The molecule has 0 atom stereocenters. The summed E-state index contributed by atoms with van der Waals surface area (Å²) in [7, 11) is 0. The Balaban J connectivity index is 2.58. The molecule has 2 aromatic heterocycles. The summed E-state index contributed by atoms with van der Waals surface area (Å²) >= 11 is 11.3. The summed E-state index contributed by atoms with van der Waals surface area (Å²) in [6.07, 6.45) is 0.917. The molecule has 0 bridgehead atoms. The van der Waals surface area contributed by atoms with Crippen molar-refractivity contribution >= 4 is 23.2 Å². The molecule has 0 aliphatic heterocycles.